The molecule has 0 aromatic heterocycles. The van der Waals surface area contributed by atoms with Crippen molar-refractivity contribution in [2.24, 2.45) is 0 Å². The van der Waals surface area contributed by atoms with Gasteiger partial charge in [-0.2, -0.15) is 0 Å². The van der Waals surface area contributed by atoms with Crippen molar-refractivity contribution >= 4 is 29.3 Å². The van der Waals surface area contributed by atoms with E-state index >= 15 is 0 Å². The van der Waals surface area contributed by atoms with Gasteiger partial charge in [-0.25, -0.2) is 0 Å². The Hall–Kier alpha value is -1.53. The summed E-state index contributed by atoms with van der Waals surface area (Å²) in [6.07, 6.45) is 0. The lowest BCUT2D eigenvalue weighted by atomic mass is 10.1. The van der Waals surface area contributed by atoms with Crippen LogP contribution in [0.2, 0.25) is 0 Å². The minimum atomic E-state index is -0.00769. The van der Waals surface area contributed by atoms with Crippen LogP contribution in [0.3, 0.4) is 0 Å². The summed E-state index contributed by atoms with van der Waals surface area (Å²) in [6, 6.07) is 5.56. The van der Waals surface area contributed by atoms with Crippen LogP contribution in [-0.2, 0) is 4.79 Å². The lowest BCUT2D eigenvalue weighted by Crippen LogP contribution is -2.47. The van der Waals surface area contributed by atoms with Gasteiger partial charge < -0.3 is 15.1 Å². The molecule has 0 radical (unpaired) electrons. The smallest absolute Gasteiger partial charge is 0.254 e. The van der Waals surface area contributed by atoms with Crippen LogP contribution >= 0.6 is 11.8 Å². The molecular weight excluding hydrogens is 274 g/mol. The minimum Gasteiger partial charge on any atom is -0.336 e. The predicted octanol–water partition coefficient (Wildman–Crippen LogP) is 1.12. The first-order chi connectivity index (χ1) is 9.63. The van der Waals surface area contributed by atoms with Gasteiger partial charge in [0.1, 0.15) is 0 Å². The van der Waals surface area contributed by atoms with Crippen LogP contribution in [0.15, 0.2) is 23.1 Å². The quantitative estimate of drug-likeness (QED) is 0.842. The van der Waals surface area contributed by atoms with Gasteiger partial charge in [-0.1, -0.05) is 0 Å². The molecule has 1 fully saturated rings. The summed E-state index contributed by atoms with van der Waals surface area (Å²) in [5.41, 5.74) is 1.40. The Labute approximate surface area is 122 Å². The first kappa shape index (κ1) is 13.5. The normalized spacial score (nSPS) is 19.4. The summed E-state index contributed by atoms with van der Waals surface area (Å²) in [4.78, 5) is 29.0. The molecule has 0 spiro atoms. The maximum atomic E-state index is 12.5. The number of thioether (sulfide) groups is 1. The van der Waals surface area contributed by atoms with Crippen molar-refractivity contribution in [1.82, 2.24) is 9.80 Å². The molecule has 2 aliphatic rings. The molecule has 1 aromatic rings. The Kier molecular flexibility index (Phi) is 3.67. The van der Waals surface area contributed by atoms with Gasteiger partial charge >= 0.3 is 0 Å². The number of carbonyl (C=O) groups is 2. The number of carbonyl (C=O) groups excluding carboxylic acids is 2. The summed E-state index contributed by atoms with van der Waals surface area (Å²) in [7, 11) is 2.06. The van der Waals surface area contributed by atoms with E-state index in [-0.39, 0.29) is 11.8 Å². The number of fused-ring (bicyclic) bond motifs is 1. The van der Waals surface area contributed by atoms with E-state index in [1.54, 1.807) is 6.07 Å². The van der Waals surface area contributed by atoms with Gasteiger partial charge in [0.25, 0.3) is 5.91 Å². The molecule has 0 bridgehead atoms. The highest BCUT2D eigenvalue weighted by atomic mass is 32.2. The Morgan fingerprint density at radius 2 is 2.00 bits per heavy atom. The molecule has 2 heterocycles. The Morgan fingerprint density at radius 3 is 2.75 bits per heavy atom. The number of anilines is 1. The average molecular weight is 291 g/mol. The molecule has 5 nitrogen and oxygen atoms in total. The molecular formula is C14H17N3O2S. The zero-order chi connectivity index (χ0) is 14.1. The van der Waals surface area contributed by atoms with Crippen LogP contribution in [0.4, 0.5) is 5.69 Å². The molecule has 0 aliphatic carbocycles. The first-order valence-corrected chi connectivity index (χ1v) is 7.66. The summed E-state index contributed by atoms with van der Waals surface area (Å²) in [5.74, 6) is 0.482. The van der Waals surface area contributed by atoms with Crippen molar-refractivity contribution in [2.45, 2.75) is 4.90 Å². The highest BCUT2D eigenvalue weighted by Gasteiger charge is 2.22. The predicted molar refractivity (Wildman–Crippen MR) is 79.2 cm³/mol. The molecule has 2 amide bonds. The van der Waals surface area contributed by atoms with Crippen LogP contribution in [-0.4, -0.2) is 60.6 Å². The van der Waals surface area contributed by atoms with Crippen LogP contribution < -0.4 is 5.32 Å². The van der Waals surface area contributed by atoms with E-state index in [9.17, 15) is 9.59 Å². The van der Waals surface area contributed by atoms with E-state index in [1.807, 2.05) is 17.0 Å². The number of benzene rings is 1. The zero-order valence-corrected chi connectivity index (χ0v) is 12.2. The van der Waals surface area contributed by atoms with Gasteiger partial charge in [0.15, 0.2) is 0 Å². The van der Waals surface area contributed by atoms with Crippen molar-refractivity contribution < 1.29 is 9.59 Å². The van der Waals surface area contributed by atoms with E-state index in [4.69, 9.17) is 0 Å². The second-order valence-corrected chi connectivity index (χ2v) is 6.16. The largest absolute Gasteiger partial charge is 0.336 e. The Morgan fingerprint density at radius 1 is 1.25 bits per heavy atom. The zero-order valence-electron chi connectivity index (χ0n) is 11.4. The molecule has 6 heteroatoms. The second-order valence-electron chi connectivity index (χ2n) is 5.14. The molecule has 0 saturated carbocycles. The number of likely N-dealkylation sites (N-methyl/N-ethyl adjacent to an activating group) is 1. The molecule has 1 N–H and O–H groups in total. The van der Waals surface area contributed by atoms with Crippen LogP contribution in [0.25, 0.3) is 0 Å². The number of hydrogen-bond acceptors (Lipinski definition) is 4. The molecule has 0 atom stereocenters. The van der Waals surface area contributed by atoms with Crippen molar-refractivity contribution in [2.75, 3.05) is 44.3 Å². The second kappa shape index (κ2) is 5.46. The fourth-order valence-electron chi connectivity index (χ4n) is 2.41. The maximum Gasteiger partial charge on any atom is 0.254 e. The summed E-state index contributed by atoms with van der Waals surface area (Å²) in [5, 5.41) is 2.83. The molecule has 106 valence electrons. The number of hydrogen-bond donors (Lipinski definition) is 1. The van der Waals surface area contributed by atoms with Crippen LogP contribution in [0.1, 0.15) is 10.4 Å². The summed E-state index contributed by atoms with van der Waals surface area (Å²) < 4.78 is 0. The number of nitrogens with zero attached hydrogens (tertiary/aromatic N) is 2. The number of amides is 2. The number of rotatable bonds is 1. The van der Waals surface area contributed by atoms with Gasteiger partial charge in [0.2, 0.25) is 5.91 Å². The van der Waals surface area contributed by atoms with Crippen LogP contribution in [0.5, 0.6) is 0 Å². The van der Waals surface area contributed by atoms with E-state index in [0.717, 1.165) is 36.8 Å². The first-order valence-electron chi connectivity index (χ1n) is 6.68. The average Bonchev–Trinajstić information content (AvgIpc) is 2.46. The standard InChI is InChI=1S/C14H17N3O2S/c1-16-4-6-17(7-5-16)14(19)10-2-3-12-11(8-10)15-13(18)9-20-12/h2-3,8H,4-7,9H2,1H3,(H,15,18). The number of nitrogens with one attached hydrogen (secondary N) is 1. The SMILES string of the molecule is CN1CCN(C(=O)c2ccc3c(c2)NC(=O)CS3)CC1. The molecule has 1 saturated heterocycles. The summed E-state index contributed by atoms with van der Waals surface area (Å²) in [6.45, 7) is 3.33. The monoisotopic (exact) mass is 291 g/mol. The van der Waals surface area contributed by atoms with Gasteiger partial charge in [-0.05, 0) is 25.2 Å². The lowest BCUT2D eigenvalue weighted by molar-refractivity contribution is -0.113. The van der Waals surface area contributed by atoms with Gasteiger partial charge in [0, 0.05) is 36.6 Å². The highest BCUT2D eigenvalue weighted by Crippen LogP contribution is 2.32. The fourth-order valence-corrected chi connectivity index (χ4v) is 3.20. The maximum absolute atomic E-state index is 12.5. The Bertz CT molecular complexity index is 553. The third kappa shape index (κ3) is 2.66. The van der Waals surface area contributed by atoms with Gasteiger partial charge in [-0.3, -0.25) is 9.59 Å². The number of piperazine rings is 1. The Balaban J connectivity index is 1.78. The van der Waals surface area contributed by atoms with E-state index in [0.29, 0.717) is 11.3 Å². The molecule has 0 unspecified atom stereocenters. The minimum absolute atomic E-state index is 0.00769. The molecule has 2 aliphatic heterocycles. The van der Waals surface area contributed by atoms with Crippen LogP contribution in [0, 0.1) is 0 Å². The van der Waals surface area contributed by atoms with Gasteiger partial charge in [0.05, 0.1) is 11.4 Å². The van der Waals surface area contributed by atoms with Crippen molar-refractivity contribution in [3.05, 3.63) is 23.8 Å². The lowest BCUT2D eigenvalue weighted by Gasteiger charge is -2.32. The molecule has 20 heavy (non-hydrogen) atoms. The van der Waals surface area contributed by atoms with E-state index in [1.165, 1.54) is 11.8 Å². The summed E-state index contributed by atoms with van der Waals surface area (Å²) >= 11 is 1.51. The van der Waals surface area contributed by atoms with Crippen molar-refractivity contribution in [1.29, 1.82) is 0 Å². The molecule has 3 rings (SSSR count). The topological polar surface area (TPSA) is 52.6 Å². The van der Waals surface area contributed by atoms with E-state index in [2.05, 4.69) is 17.3 Å². The third-order valence-electron chi connectivity index (χ3n) is 3.65. The van der Waals surface area contributed by atoms with Crippen molar-refractivity contribution in [3.63, 3.8) is 0 Å². The van der Waals surface area contributed by atoms with E-state index < -0.39 is 0 Å². The third-order valence-corrected chi connectivity index (χ3v) is 4.72. The molecule has 1 aromatic carbocycles. The fraction of sp³-hybridized carbons (Fsp3) is 0.429. The van der Waals surface area contributed by atoms with Gasteiger partial charge in [-0.15, -0.1) is 11.8 Å². The van der Waals surface area contributed by atoms with Crippen molar-refractivity contribution in [3.8, 4) is 0 Å². The highest BCUT2D eigenvalue weighted by molar-refractivity contribution is 8.00.